The summed E-state index contributed by atoms with van der Waals surface area (Å²) in [6.07, 6.45) is 9.35. The van der Waals surface area contributed by atoms with E-state index in [1.165, 1.54) is 25.7 Å². The van der Waals surface area contributed by atoms with Gasteiger partial charge in [0, 0.05) is 12.0 Å². The number of aromatic nitrogens is 2. The van der Waals surface area contributed by atoms with Crippen LogP contribution >= 0.6 is 0 Å². The predicted octanol–water partition coefficient (Wildman–Crippen LogP) is 2.40. The van der Waals surface area contributed by atoms with Crippen LogP contribution in [0.15, 0.2) is 0 Å². The fourth-order valence-electron chi connectivity index (χ4n) is 3.03. The topological polar surface area (TPSA) is 46.0 Å². The molecule has 0 saturated heterocycles. The molecule has 0 atom stereocenters. The zero-order valence-corrected chi connectivity index (χ0v) is 9.58. The Kier molecular flexibility index (Phi) is 2.54. The molecule has 16 heavy (non-hydrogen) atoms. The molecule has 1 saturated carbocycles. The van der Waals surface area contributed by atoms with Gasteiger partial charge < -0.3 is 5.11 Å². The standard InChI is InChI=1S/C13H18N2O/c16-13-10-6-3-7-11(10)14-12(15-13)8-9-4-1-2-5-9/h9H,1-8H2,(H,14,15,16). The van der Waals surface area contributed by atoms with Crippen LogP contribution in [-0.2, 0) is 19.3 Å². The van der Waals surface area contributed by atoms with Crippen molar-refractivity contribution in [2.24, 2.45) is 5.92 Å². The number of aryl methyl sites for hydroxylation is 1. The van der Waals surface area contributed by atoms with E-state index in [-0.39, 0.29) is 5.88 Å². The maximum absolute atomic E-state index is 9.83. The Morgan fingerprint density at radius 1 is 1.06 bits per heavy atom. The highest BCUT2D eigenvalue weighted by Crippen LogP contribution is 2.30. The lowest BCUT2D eigenvalue weighted by atomic mass is 10.0. The van der Waals surface area contributed by atoms with Crippen LogP contribution in [0.3, 0.4) is 0 Å². The van der Waals surface area contributed by atoms with Crippen molar-refractivity contribution in [2.75, 3.05) is 0 Å². The molecule has 0 aromatic carbocycles. The number of nitrogens with zero attached hydrogens (tertiary/aromatic N) is 2. The molecule has 0 radical (unpaired) electrons. The molecule has 0 unspecified atom stereocenters. The summed E-state index contributed by atoms with van der Waals surface area (Å²) in [6, 6.07) is 0. The van der Waals surface area contributed by atoms with Gasteiger partial charge in [-0.2, -0.15) is 4.98 Å². The van der Waals surface area contributed by atoms with E-state index in [0.717, 1.165) is 48.7 Å². The third-order valence-electron chi connectivity index (χ3n) is 3.90. The number of hydrogen-bond acceptors (Lipinski definition) is 3. The summed E-state index contributed by atoms with van der Waals surface area (Å²) < 4.78 is 0. The van der Waals surface area contributed by atoms with E-state index in [0.29, 0.717) is 0 Å². The summed E-state index contributed by atoms with van der Waals surface area (Å²) in [6.45, 7) is 0. The highest BCUT2D eigenvalue weighted by atomic mass is 16.3. The number of hydrogen-bond donors (Lipinski definition) is 1. The van der Waals surface area contributed by atoms with Gasteiger partial charge >= 0.3 is 0 Å². The fraction of sp³-hybridized carbons (Fsp3) is 0.692. The van der Waals surface area contributed by atoms with Crippen molar-refractivity contribution >= 4 is 0 Å². The van der Waals surface area contributed by atoms with Crippen LogP contribution in [0, 0.1) is 5.92 Å². The highest BCUT2D eigenvalue weighted by Gasteiger charge is 2.21. The van der Waals surface area contributed by atoms with Crippen LogP contribution in [-0.4, -0.2) is 15.1 Å². The lowest BCUT2D eigenvalue weighted by molar-refractivity contribution is 0.436. The molecule has 1 heterocycles. The Hall–Kier alpha value is -1.12. The lowest BCUT2D eigenvalue weighted by Gasteiger charge is -2.09. The van der Waals surface area contributed by atoms with Crippen LogP contribution in [0.1, 0.15) is 49.2 Å². The maximum atomic E-state index is 9.83. The molecule has 1 N–H and O–H groups in total. The molecule has 2 aliphatic rings. The average molecular weight is 218 g/mol. The van der Waals surface area contributed by atoms with E-state index in [1.54, 1.807) is 0 Å². The lowest BCUT2D eigenvalue weighted by Crippen LogP contribution is -2.06. The highest BCUT2D eigenvalue weighted by molar-refractivity contribution is 5.33. The van der Waals surface area contributed by atoms with Crippen LogP contribution in [0.25, 0.3) is 0 Å². The normalized spacial score (nSPS) is 20.2. The second kappa shape index (κ2) is 4.04. The Morgan fingerprint density at radius 2 is 1.88 bits per heavy atom. The van der Waals surface area contributed by atoms with Gasteiger partial charge in [0.1, 0.15) is 5.82 Å². The first-order valence-corrected chi connectivity index (χ1v) is 6.40. The Bertz CT molecular complexity index is 397. The van der Waals surface area contributed by atoms with Crippen molar-refractivity contribution in [1.82, 2.24) is 9.97 Å². The minimum absolute atomic E-state index is 0.246. The molecule has 3 nitrogen and oxygen atoms in total. The SMILES string of the molecule is Oc1nc(CC2CCCC2)nc2c1CCC2. The van der Waals surface area contributed by atoms with E-state index in [9.17, 15) is 5.11 Å². The predicted molar refractivity (Wildman–Crippen MR) is 61.4 cm³/mol. The number of rotatable bonds is 2. The van der Waals surface area contributed by atoms with E-state index in [1.807, 2.05) is 0 Å². The quantitative estimate of drug-likeness (QED) is 0.829. The number of aromatic hydroxyl groups is 1. The molecule has 86 valence electrons. The van der Waals surface area contributed by atoms with Gasteiger partial charge in [-0.3, -0.25) is 0 Å². The monoisotopic (exact) mass is 218 g/mol. The molecule has 0 amide bonds. The molecular formula is C13H18N2O. The first-order valence-electron chi connectivity index (χ1n) is 6.40. The zero-order valence-electron chi connectivity index (χ0n) is 9.58. The first kappa shape index (κ1) is 10.1. The molecule has 0 spiro atoms. The van der Waals surface area contributed by atoms with E-state index < -0.39 is 0 Å². The molecule has 1 fully saturated rings. The van der Waals surface area contributed by atoms with Gasteiger partial charge in [0.25, 0.3) is 0 Å². The molecule has 3 rings (SSSR count). The number of fused-ring (bicyclic) bond motifs is 1. The van der Waals surface area contributed by atoms with Crippen LogP contribution < -0.4 is 0 Å². The molecule has 2 aliphatic carbocycles. The summed E-state index contributed by atoms with van der Waals surface area (Å²) in [4.78, 5) is 8.86. The largest absolute Gasteiger partial charge is 0.493 e. The summed E-state index contributed by atoms with van der Waals surface area (Å²) in [5, 5.41) is 9.83. The summed E-state index contributed by atoms with van der Waals surface area (Å²) in [7, 11) is 0. The van der Waals surface area contributed by atoms with Crippen molar-refractivity contribution < 1.29 is 5.11 Å². The van der Waals surface area contributed by atoms with Gasteiger partial charge in [0.2, 0.25) is 5.88 Å². The van der Waals surface area contributed by atoms with Crippen molar-refractivity contribution in [3.8, 4) is 5.88 Å². The second-order valence-electron chi connectivity index (χ2n) is 5.10. The van der Waals surface area contributed by atoms with E-state index in [4.69, 9.17) is 0 Å². The fourth-order valence-corrected chi connectivity index (χ4v) is 3.03. The van der Waals surface area contributed by atoms with E-state index in [2.05, 4.69) is 9.97 Å². The van der Waals surface area contributed by atoms with Gasteiger partial charge in [-0.25, -0.2) is 4.98 Å². The minimum Gasteiger partial charge on any atom is -0.493 e. The van der Waals surface area contributed by atoms with Crippen molar-refractivity contribution in [3.05, 3.63) is 17.1 Å². The van der Waals surface area contributed by atoms with Crippen molar-refractivity contribution in [3.63, 3.8) is 0 Å². The van der Waals surface area contributed by atoms with Crippen molar-refractivity contribution in [2.45, 2.75) is 51.4 Å². The first-order chi connectivity index (χ1) is 7.83. The van der Waals surface area contributed by atoms with Gasteiger partial charge in [-0.1, -0.05) is 25.7 Å². The Morgan fingerprint density at radius 3 is 2.69 bits per heavy atom. The molecule has 0 bridgehead atoms. The third kappa shape index (κ3) is 1.79. The van der Waals surface area contributed by atoms with Crippen LogP contribution in [0.5, 0.6) is 5.88 Å². The summed E-state index contributed by atoms with van der Waals surface area (Å²) in [5.74, 6) is 1.86. The zero-order chi connectivity index (χ0) is 11.0. The Labute approximate surface area is 95.9 Å². The van der Waals surface area contributed by atoms with Crippen LogP contribution in [0.2, 0.25) is 0 Å². The van der Waals surface area contributed by atoms with Crippen molar-refractivity contribution in [1.29, 1.82) is 0 Å². The van der Waals surface area contributed by atoms with Gasteiger partial charge in [0.05, 0.1) is 5.69 Å². The summed E-state index contributed by atoms with van der Waals surface area (Å²) in [5.41, 5.74) is 2.09. The smallest absolute Gasteiger partial charge is 0.217 e. The van der Waals surface area contributed by atoms with Gasteiger partial charge in [0.15, 0.2) is 0 Å². The molecular weight excluding hydrogens is 200 g/mol. The maximum Gasteiger partial charge on any atom is 0.217 e. The summed E-state index contributed by atoms with van der Waals surface area (Å²) >= 11 is 0. The Balaban J connectivity index is 1.82. The molecule has 3 heteroatoms. The van der Waals surface area contributed by atoms with Crippen LogP contribution in [0.4, 0.5) is 0 Å². The van der Waals surface area contributed by atoms with E-state index >= 15 is 0 Å². The third-order valence-corrected chi connectivity index (χ3v) is 3.90. The molecule has 1 aromatic rings. The van der Waals surface area contributed by atoms with Gasteiger partial charge in [-0.15, -0.1) is 0 Å². The second-order valence-corrected chi connectivity index (χ2v) is 5.10. The molecule has 0 aliphatic heterocycles. The minimum atomic E-state index is 0.246. The van der Waals surface area contributed by atoms with Gasteiger partial charge in [-0.05, 0) is 25.2 Å². The average Bonchev–Trinajstić information content (AvgIpc) is 2.87. The molecule has 1 aromatic heterocycles.